The van der Waals surface area contributed by atoms with Crippen molar-refractivity contribution in [2.75, 3.05) is 11.9 Å². The van der Waals surface area contributed by atoms with Crippen LogP contribution in [0.1, 0.15) is 12.8 Å². The van der Waals surface area contributed by atoms with E-state index >= 15 is 0 Å². The third-order valence-corrected chi connectivity index (χ3v) is 4.42. The van der Waals surface area contributed by atoms with E-state index in [0.717, 1.165) is 5.69 Å². The first-order valence-corrected chi connectivity index (χ1v) is 9.80. The summed E-state index contributed by atoms with van der Waals surface area (Å²) < 4.78 is 5.58. The van der Waals surface area contributed by atoms with E-state index in [0.29, 0.717) is 46.6 Å². The fraction of sp³-hybridized carbons (Fsp3) is 0.136. The lowest BCUT2D eigenvalue weighted by atomic mass is 10.2. The average molecular weight is 428 g/mol. The monoisotopic (exact) mass is 427 g/mol. The van der Waals surface area contributed by atoms with E-state index < -0.39 is 0 Å². The quantitative estimate of drug-likeness (QED) is 0.304. The van der Waals surface area contributed by atoms with Crippen molar-refractivity contribution in [2.45, 2.75) is 12.8 Å². The summed E-state index contributed by atoms with van der Waals surface area (Å²) in [5.74, 6) is 0.464. The summed E-state index contributed by atoms with van der Waals surface area (Å²) in [5.41, 5.74) is 2.20. The summed E-state index contributed by atoms with van der Waals surface area (Å²) in [4.78, 5) is 12.1. The van der Waals surface area contributed by atoms with E-state index in [9.17, 15) is 4.79 Å². The number of hydrogen-bond acceptors (Lipinski definition) is 4. The Morgan fingerprint density at radius 1 is 0.897 bits per heavy atom. The lowest BCUT2D eigenvalue weighted by molar-refractivity contribution is -0.116. The number of nitrogens with one attached hydrogen (secondary N) is 1. The van der Waals surface area contributed by atoms with E-state index in [1.807, 2.05) is 30.3 Å². The number of hydrogen-bond donors (Lipinski definition) is 1. The van der Waals surface area contributed by atoms with Gasteiger partial charge in [-0.15, -0.1) is 0 Å². The maximum Gasteiger partial charge on any atom is 0.224 e. The molecular formula is C22H19Cl2N3O2. The Balaban J connectivity index is 1.41. The summed E-state index contributed by atoms with van der Waals surface area (Å²) in [7, 11) is 0. The zero-order chi connectivity index (χ0) is 20.5. The van der Waals surface area contributed by atoms with Gasteiger partial charge in [-0.1, -0.05) is 41.4 Å². The predicted molar refractivity (Wildman–Crippen MR) is 117 cm³/mol. The zero-order valence-electron chi connectivity index (χ0n) is 15.5. The van der Waals surface area contributed by atoms with Gasteiger partial charge in [-0.05, 0) is 61.0 Å². The molecule has 1 amide bonds. The second kappa shape index (κ2) is 10.6. The fourth-order valence-corrected chi connectivity index (χ4v) is 2.92. The number of azo groups is 1. The number of carbonyl (C=O) groups excluding carboxylic acids is 1. The van der Waals surface area contributed by atoms with Crippen LogP contribution >= 0.6 is 23.2 Å². The van der Waals surface area contributed by atoms with E-state index in [2.05, 4.69) is 15.5 Å². The van der Waals surface area contributed by atoms with E-state index in [4.69, 9.17) is 27.9 Å². The number of ether oxygens (including phenoxy) is 1. The minimum Gasteiger partial charge on any atom is -0.492 e. The summed E-state index contributed by atoms with van der Waals surface area (Å²) in [6, 6.07) is 21.7. The van der Waals surface area contributed by atoms with E-state index in [1.54, 1.807) is 42.5 Å². The number of benzene rings is 3. The molecule has 1 N–H and O–H groups in total. The van der Waals surface area contributed by atoms with Gasteiger partial charge >= 0.3 is 0 Å². The van der Waals surface area contributed by atoms with Crippen molar-refractivity contribution in [3.05, 3.63) is 82.8 Å². The molecule has 3 aromatic carbocycles. The molecule has 0 spiro atoms. The number of amides is 1. The number of carbonyl (C=O) groups is 1. The van der Waals surface area contributed by atoms with Crippen LogP contribution in [0.5, 0.6) is 5.75 Å². The smallest absolute Gasteiger partial charge is 0.224 e. The van der Waals surface area contributed by atoms with Crippen LogP contribution in [0.4, 0.5) is 17.1 Å². The molecule has 148 valence electrons. The van der Waals surface area contributed by atoms with Gasteiger partial charge < -0.3 is 10.1 Å². The van der Waals surface area contributed by atoms with Crippen LogP contribution in [-0.2, 0) is 4.79 Å². The molecule has 0 radical (unpaired) electrons. The van der Waals surface area contributed by atoms with Crippen molar-refractivity contribution in [3.8, 4) is 5.75 Å². The molecule has 0 bridgehead atoms. The molecule has 0 atom stereocenters. The van der Waals surface area contributed by atoms with Crippen LogP contribution in [-0.4, -0.2) is 12.5 Å². The molecule has 7 heteroatoms. The van der Waals surface area contributed by atoms with Gasteiger partial charge in [0.2, 0.25) is 5.91 Å². The summed E-state index contributed by atoms with van der Waals surface area (Å²) >= 11 is 11.9. The Bertz CT molecular complexity index is 977. The molecule has 3 rings (SSSR count). The highest BCUT2D eigenvalue weighted by atomic mass is 35.5. The van der Waals surface area contributed by atoms with E-state index in [1.165, 1.54) is 0 Å². The third kappa shape index (κ3) is 6.89. The summed E-state index contributed by atoms with van der Waals surface area (Å²) in [6.07, 6.45) is 0.898. The van der Waals surface area contributed by atoms with Crippen molar-refractivity contribution >= 4 is 46.2 Å². The fourth-order valence-electron chi connectivity index (χ4n) is 2.45. The number of nitrogens with zero attached hydrogens (tertiary/aromatic N) is 2. The third-order valence-electron chi connectivity index (χ3n) is 3.89. The Morgan fingerprint density at radius 3 is 2.28 bits per heavy atom. The maximum atomic E-state index is 12.1. The Morgan fingerprint density at radius 2 is 1.59 bits per heavy atom. The molecule has 0 aliphatic heterocycles. The molecule has 0 aliphatic rings. The topological polar surface area (TPSA) is 63.0 Å². The largest absolute Gasteiger partial charge is 0.492 e. The molecule has 5 nitrogen and oxygen atoms in total. The highest BCUT2D eigenvalue weighted by molar-refractivity contribution is 6.35. The molecule has 0 saturated heterocycles. The second-order valence-corrected chi connectivity index (χ2v) is 7.00. The zero-order valence-corrected chi connectivity index (χ0v) is 17.0. The molecule has 0 fully saturated rings. The van der Waals surface area contributed by atoms with Crippen molar-refractivity contribution in [1.82, 2.24) is 0 Å². The predicted octanol–water partition coefficient (Wildman–Crippen LogP) is 7.21. The van der Waals surface area contributed by atoms with Crippen LogP contribution in [0.15, 0.2) is 83.0 Å². The van der Waals surface area contributed by atoms with Crippen LogP contribution in [0, 0.1) is 0 Å². The van der Waals surface area contributed by atoms with E-state index in [-0.39, 0.29) is 5.91 Å². The minimum atomic E-state index is -0.0885. The van der Waals surface area contributed by atoms with Gasteiger partial charge in [0.1, 0.15) is 5.75 Å². The van der Waals surface area contributed by atoms with Gasteiger partial charge in [-0.25, -0.2) is 0 Å². The normalized spacial score (nSPS) is 10.8. The van der Waals surface area contributed by atoms with Gasteiger partial charge in [-0.3, -0.25) is 4.79 Å². The van der Waals surface area contributed by atoms with Gasteiger partial charge in [0.15, 0.2) is 0 Å². The standard InChI is InChI=1S/C22H19Cl2N3O2/c23-16-8-13-21(20(24)15-16)29-14-4-7-22(28)25-17-9-11-19(12-10-17)27-26-18-5-2-1-3-6-18/h1-3,5-6,8-13,15H,4,7,14H2,(H,25,28). The van der Waals surface area contributed by atoms with Crippen LogP contribution in [0.25, 0.3) is 0 Å². The first kappa shape index (κ1) is 20.8. The molecule has 0 unspecified atom stereocenters. The van der Waals surface area contributed by atoms with Crippen LogP contribution in [0.3, 0.4) is 0 Å². The summed E-state index contributed by atoms with van der Waals surface area (Å²) in [6.45, 7) is 0.383. The highest BCUT2D eigenvalue weighted by Gasteiger charge is 2.05. The molecule has 0 heterocycles. The molecular weight excluding hydrogens is 409 g/mol. The molecule has 3 aromatic rings. The van der Waals surface area contributed by atoms with Gasteiger partial charge in [0, 0.05) is 17.1 Å². The first-order valence-electron chi connectivity index (χ1n) is 9.05. The van der Waals surface area contributed by atoms with Crippen LogP contribution < -0.4 is 10.1 Å². The number of anilines is 1. The van der Waals surface area contributed by atoms with Crippen molar-refractivity contribution in [2.24, 2.45) is 10.2 Å². The molecule has 0 aromatic heterocycles. The lowest BCUT2D eigenvalue weighted by Crippen LogP contribution is -2.12. The lowest BCUT2D eigenvalue weighted by Gasteiger charge is -2.08. The Labute approximate surface area is 179 Å². The van der Waals surface area contributed by atoms with Gasteiger partial charge in [0.25, 0.3) is 0 Å². The number of rotatable bonds is 8. The number of halogens is 2. The van der Waals surface area contributed by atoms with Crippen molar-refractivity contribution in [1.29, 1.82) is 0 Å². The molecule has 0 aliphatic carbocycles. The molecule has 29 heavy (non-hydrogen) atoms. The average Bonchev–Trinajstić information content (AvgIpc) is 2.73. The highest BCUT2D eigenvalue weighted by Crippen LogP contribution is 2.27. The van der Waals surface area contributed by atoms with Crippen molar-refractivity contribution in [3.63, 3.8) is 0 Å². The Hall–Kier alpha value is -2.89. The van der Waals surface area contributed by atoms with Gasteiger partial charge in [0.05, 0.1) is 23.0 Å². The summed E-state index contributed by atoms with van der Waals surface area (Å²) in [5, 5.41) is 12.2. The second-order valence-electron chi connectivity index (χ2n) is 6.16. The Kier molecular flexibility index (Phi) is 7.61. The SMILES string of the molecule is O=C(CCCOc1ccc(Cl)cc1Cl)Nc1ccc(N=Nc2ccccc2)cc1. The van der Waals surface area contributed by atoms with Crippen molar-refractivity contribution < 1.29 is 9.53 Å². The van der Waals surface area contributed by atoms with Gasteiger partial charge in [-0.2, -0.15) is 10.2 Å². The maximum absolute atomic E-state index is 12.1. The molecule has 0 saturated carbocycles. The first-order chi connectivity index (χ1) is 14.1. The minimum absolute atomic E-state index is 0.0885. The van der Waals surface area contributed by atoms with Crippen LogP contribution in [0.2, 0.25) is 10.0 Å².